The highest BCUT2D eigenvalue weighted by Crippen LogP contribution is 2.29. The third kappa shape index (κ3) is 5.85. The number of methoxy groups -OCH3 is 1. The largest absolute Gasteiger partial charge is 0.493 e. The van der Waals surface area contributed by atoms with Gasteiger partial charge < -0.3 is 9.47 Å². The zero-order chi connectivity index (χ0) is 20.7. The van der Waals surface area contributed by atoms with Gasteiger partial charge in [-0.05, 0) is 52.4 Å². The van der Waals surface area contributed by atoms with Gasteiger partial charge in [-0.3, -0.25) is 5.43 Å². The summed E-state index contributed by atoms with van der Waals surface area (Å²) in [6, 6.07) is 24.1. The summed E-state index contributed by atoms with van der Waals surface area (Å²) in [7, 11) is 1.64. The fourth-order valence-electron chi connectivity index (χ4n) is 2.84. The van der Waals surface area contributed by atoms with Crippen LogP contribution in [0.15, 0.2) is 77.9 Å². The molecule has 3 aromatic rings. The van der Waals surface area contributed by atoms with Crippen molar-refractivity contribution >= 4 is 11.9 Å². The van der Waals surface area contributed by atoms with Crippen molar-refractivity contribution in [2.75, 3.05) is 12.5 Å². The molecule has 0 heterocycles. The fourth-order valence-corrected chi connectivity index (χ4v) is 2.84. The first kappa shape index (κ1) is 20.5. The normalized spacial score (nSPS) is 11.4. The quantitative estimate of drug-likeness (QED) is 0.398. The van der Waals surface area contributed by atoms with E-state index in [2.05, 4.69) is 55.6 Å². The van der Waals surface area contributed by atoms with Crippen LogP contribution in [0, 0.1) is 0 Å². The molecule has 0 saturated carbocycles. The van der Waals surface area contributed by atoms with E-state index in [1.807, 2.05) is 48.5 Å². The van der Waals surface area contributed by atoms with Gasteiger partial charge in [-0.25, -0.2) is 0 Å². The van der Waals surface area contributed by atoms with Gasteiger partial charge in [0.25, 0.3) is 0 Å². The number of hydrogen-bond acceptors (Lipinski definition) is 4. The van der Waals surface area contributed by atoms with Crippen LogP contribution in [0.4, 0.5) is 5.69 Å². The molecule has 4 nitrogen and oxygen atoms in total. The van der Waals surface area contributed by atoms with Gasteiger partial charge in [-0.1, -0.05) is 63.2 Å². The van der Waals surface area contributed by atoms with Crippen molar-refractivity contribution in [1.82, 2.24) is 0 Å². The molecule has 29 heavy (non-hydrogen) atoms. The molecule has 0 aliphatic rings. The van der Waals surface area contributed by atoms with Crippen LogP contribution >= 0.6 is 0 Å². The molecule has 0 radical (unpaired) electrons. The molecule has 0 aliphatic heterocycles. The van der Waals surface area contributed by atoms with Gasteiger partial charge >= 0.3 is 0 Å². The van der Waals surface area contributed by atoms with Crippen molar-refractivity contribution in [1.29, 1.82) is 0 Å². The van der Waals surface area contributed by atoms with E-state index < -0.39 is 0 Å². The van der Waals surface area contributed by atoms with E-state index >= 15 is 0 Å². The number of nitrogens with one attached hydrogen (secondary N) is 1. The first-order valence-electron chi connectivity index (χ1n) is 9.70. The van der Waals surface area contributed by atoms with Crippen molar-refractivity contribution in [3.05, 3.63) is 89.5 Å². The minimum atomic E-state index is 0.148. The second kappa shape index (κ2) is 9.28. The Labute approximate surface area is 173 Å². The van der Waals surface area contributed by atoms with Crippen LogP contribution in [0.2, 0.25) is 0 Å². The monoisotopic (exact) mass is 388 g/mol. The number of rotatable bonds is 7. The Morgan fingerprint density at radius 1 is 0.897 bits per heavy atom. The van der Waals surface area contributed by atoms with Gasteiger partial charge in [0, 0.05) is 0 Å². The zero-order valence-corrected chi connectivity index (χ0v) is 17.5. The minimum absolute atomic E-state index is 0.148. The Morgan fingerprint density at radius 2 is 1.62 bits per heavy atom. The molecule has 0 aromatic heterocycles. The van der Waals surface area contributed by atoms with Crippen LogP contribution in [-0.4, -0.2) is 13.3 Å². The highest BCUT2D eigenvalue weighted by atomic mass is 16.5. The summed E-state index contributed by atoms with van der Waals surface area (Å²) in [6.45, 7) is 7.13. The summed E-state index contributed by atoms with van der Waals surface area (Å²) in [6.07, 6.45) is 1.75. The maximum absolute atomic E-state index is 5.98. The number of hydrogen-bond donors (Lipinski definition) is 1. The lowest BCUT2D eigenvalue weighted by atomic mass is 9.87. The van der Waals surface area contributed by atoms with Gasteiger partial charge in [-0.2, -0.15) is 5.10 Å². The molecule has 0 amide bonds. The van der Waals surface area contributed by atoms with Crippen LogP contribution in [0.5, 0.6) is 11.5 Å². The van der Waals surface area contributed by atoms with E-state index in [0.29, 0.717) is 18.1 Å². The fraction of sp³-hybridized carbons (Fsp3) is 0.240. The minimum Gasteiger partial charge on any atom is -0.493 e. The van der Waals surface area contributed by atoms with Crippen LogP contribution in [-0.2, 0) is 12.0 Å². The van der Waals surface area contributed by atoms with Crippen molar-refractivity contribution in [3.63, 3.8) is 0 Å². The number of para-hydroxylation sites is 1. The Morgan fingerprint density at radius 3 is 2.28 bits per heavy atom. The van der Waals surface area contributed by atoms with Gasteiger partial charge in [0.05, 0.1) is 19.0 Å². The molecule has 0 atom stereocenters. The van der Waals surface area contributed by atoms with Crippen LogP contribution in [0.25, 0.3) is 0 Å². The molecule has 150 valence electrons. The summed E-state index contributed by atoms with van der Waals surface area (Å²) in [5.41, 5.74) is 7.45. The van der Waals surface area contributed by atoms with E-state index in [1.54, 1.807) is 13.3 Å². The van der Waals surface area contributed by atoms with E-state index in [4.69, 9.17) is 9.47 Å². The second-order valence-corrected chi connectivity index (χ2v) is 7.88. The van der Waals surface area contributed by atoms with Crippen molar-refractivity contribution < 1.29 is 9.47 Å². The Hall–Kier alpha value is -3.27. The molecule has 4 heteroatoms. The molecule has 1 N–H and O–H groups in total. The third-order valence-electron chi connectivity index (χ3n) is 4.58. The zero-order valence-electron chi connectivity index (χ0n) is 17.5. The Bertz CT molecular complexity index is 943. The van der Waals surface area contributed by atoms with Crippen LogP contribution in [0.1, 0.15) is 37.5 Å². The summed E-state index contributed by atoms with van der Waals surface area (Å²) in [4.78, 5) is 0. The molecule has 0 spiro atoms. The summed E-state index contributed by atoms with van der Waals surface area (Å²) >= 11 is 0. The van der Waals surface area contributed by atoms with Crippen LogP contribution in [0.3, 0.4) is 0 Å². The predicted octanol–water partition coefficient (Wildman–Crippen LogP) is 6.02. The summed E-state index contributed by atoms with van der Waals surface area (Å²) in [5, 5.41) is 4.27. The third-order valence-corrected chi connectivity index (χ3v) is 4.58. The molecule has 0 aliphatic carbocycles. The number of nitrogens with zero attached hydrogens (tertiary/aromatic N) is 1. The van der Waals surface area contributed by atoms with E-state index in [0.717, 1.165) is 16.8 Å². The van der Waals surface area contributed by atoms with E-state index in [1.165, 1.54) is 5.56 Å². The highest BCUT2D eigenvalue weighted by Gasteiger charge is 2.13. The van der Waals surface area contributed by atoms with Gasteiger partial charge in [-0.15, -0.1) is 0 Å². The second-order valence-electron chi connectivity index (χ2n) is 7.88. The topological polar surface area (TPSA) is 42.8 Å². The number of benzene rings is 3. The van der Waals surface area contributed by atoms with Gasteiger partial charge in [0.15, 0.2) is 11.5 Å². The standard InChI is InChI=1S/C25H28N2O2/c1-25(2,3)21-13-10-19(11-14-21)18-29-23-15-12-20(16-24(23)28-4)17-26-27-22-8-6-5-7-9-22/h5-17,27H,18H2,1-4H3/b26-17+. The first-order valence-corrected chi connectivity index (χ1v) is 9.70. The molecule has 0 saturated heterocycles. The average molecular weight is 389 g/mol. The van der Waals surface area contributed by atoms with E-state index in [-0.39, 0.29) is 5.41 Å². The Balaban J connectivity index is 1.63. The maximum atomic E-state index is 5.98. The molecule has 0 unspecified atom stereocenters. The molecular formula is C25H28N2O2. The number of anilines is 1. The van der Waals surface area contributed by atoms with Crippen molar-refractivity contribution in [3.8, 4) is 11.5 Å². The highest BCUT2D eigenvalue weighted by molar-refractivity contribution is 5.81. The SMILES string of the molecule is COc1cc(/C=N/Nc2ccccc2)ccc1OCc1ccc(C(C)(C)C)cc1. The average Bonchev–Trinajstić information content (AvgIpc) is 2.73. The first-order chi connectivity index (χ1) is 14.0. The lowest BCUT2D eigenvalue weighted by molar-refractivity contribution is 0.284. The lowest BCUT2D eigenvalue weighted by Gasteiger charge is -2.19. The summed E-state index contributed by atoms with van der Waals surface area (Å²) in [5.74, 6) is 1.39. The molecule has 0 fully saturated rings. The summed E-state index contributed by atoms with van der Waals surface area (Å²) < 4.78 is 11.5. The Kier molecular flexibility index (Phi) is 6.55. The molecule has 3 rings (SSSR count). The molecular weight excluding hydrogens is 360 g/mol. The van der Waals surface area contributed by atoms with E-state index in [9.17, 15) is 0 Å². The van der Waals surface area contributed by atoms with Crippen LogP contribution < -0.4 is 14.9 Å². The predicted molar refractivity (Wildman–Crippen MR) is 120 cm³/mol. The van der Waals surface area contributed by atoms with Crippen molar-refractivity contribution in [2.45, 2.75) is 32.8 Å². The lowest BCUT2D eigenvalue weighted by Crippen LogP contribution is -2.10. The smallest absolute Gasteiger partial charge is 0.161 e. The number of ether oxygens (including phenoxy) is 2. The molecule has 0 bridgehead atoms. The van der Waals surface area contributed by atoms with Crippen molar-refractivity contribution in [2.24, 2.45) is 5.10 Å². The van der Waals surface area contributed by atoms with Gasteiger partial charge in [0.1, 0.15) is 6.61 Å². The number of hydrazone groups is 1. The molecule has 3 aromatic carbocycles. The van der Waals surface area contributed by atoms with Gasteiger partial charge in [0.2, 0.25) is 0 Å². The maximum Gasteiger partial charge on any atom is 0.161 e.